The number of nitriles is 2. The number of rotatable bonds is 12. The predicted molar refractivity (Wildman–Crippen MR) is 75.8 cm³/mol. The fourth-order valence-corrected chi connectivity index (χ4v) is 1.88. The normalized spacial score (nSPS) is 10.3. The molecule has 0 amide bonds. The second kappa shape index (κ2) is 15.7. The van der Waals surface area contributed by atoms with Crippen LogP contribution in [0, 0.1) is 22.7 Å². The maximum Gasteiger partial charge on any atom is 0.0621 e. The van der Waals surface area contributed by atoms with Gasteiger partial charge >= 0.3 is 0 Å². The molecule has 0 N–H and O–H groups in total. The molecule has 2 nitrogen and oxygen atoms in total. The molecule has 2 heteroatoms. The van der Waals surface area contributed by atoms with Crippen LogP contribution in [0.4, 0.5) is 0 Å². The number of hydrogen-bond acceptors (Lipinski definition) is 2. The van der Waals surface area contributed by atoms with Crippen molar-refractivity contribution in [2.45, 2.75) is 77.0 Å². The lowest BCUT2D eigenvalue weighted by atomic mass is 10.1. The van der Waals surface area contributed by atoms with Gasteiger partial charge in [-0.25, -0.2) is 0 Å². The first-order chi connectivity index (χ1) is 8.91. The summed E-state index contributed by atoms with van der Waals surface area (Å²) in [6.45, 7) is 0. The van der Waals surface area contributed by atoms with E-state index < -0.39 is 0 Å². The predicted octanol–water partition coefficient (Wildman–Crippen LogP) is 5.27. The molecule has 0 aromatic heterocycles. The highest BCUT2D eigenvalue weighted by molar-refractivity contribution is 4.82. The first-order valence-electron chi connectivity index (χ1n) is 7.30. The highest BCUT2D eigenvalue weighted by atomic mass is 14.2. The van der Waals surface area contributed by atoms with E-state index >= 15 is 0 Å². The van der Waals surface area contributed by atoms with Crippen molar-refractivity contribution in [2.75, 3.05) is 0 Å². The Morgan fingerprint density at radius 2 is 0.944 bits per heavy atom. The SMILES string of the molecule is N#CCCCCC=CCCCCCCCCC#N. The Balaban J connectivity index is 3.04. The Bertz CT molecular complexity index is 268. The van der Waals surface area contributed by atoms with Gasteiger partial charge in [-0.2, -0.15) is 10.5 Å². The molecule has 0 spiro atoms. The van der Waals surface area contributed by atoms with Gasteiger partial charge in [0, 0.05) is 12.8 Å². The fourth-order valence-electron chi connectivity index (χ4n) is 1.88. The van der Waals surface area contributed by atoms with Gasteiger partial charge in [-0.1, -0.05) is 37.8 Å². The van der Waals surface area contributed by atoms with E-state index in [-0.39, 0.29) is 0 Å². The van der Waals surface area contributed by atoms with Crippen LogP contribution in [0.1, 0.15) is 77.0 Å². The molecular formula is C16H26N2. The lowest BCUT2D eigenvalue weighted by molar-refractivity contribution is 0.601. The van der Waals surface area contributed by atoms with Gasteiger partial charge in [-0.15, -0.1) is 0 Å². The van der Waals surface area contributed by atoms with Crippen molar-refractivity contribution < 1.29 is 0 Å². The van der Waals surface area contributed by atoms with E-state index in [1.54, 1.807) is 0 Å². The minimum atomic E-state index is 0.694. The van der Waals surface area contributed by atoms with Crippen molar-refractivity contribution in [3.63, 3.8) is 0 Å². The molecule has 0 aromatic carbocycles. The third-order valence-electron chi connectivity index (χ3n) is 2.99. The molecule has 0 heterocycles. The summed E-state index contributed by atoms with van der Waals surface area (Å²) >= 11 is 0. The van der Waals surface area contributed by atoms with E-state index in [2.05, 4.69) is 24.3 Å². The summed E-state index contributed by atoms with van der Waals surface area (Å²) in [4.78, 5) is 0. The summed E-state index contributed by atoms with van der Waals surface area (Å²) in [7, 11) is 0. The van der Waals surface area contributed by atoms with Gasteiger partial charge in [0.2, 0.25) is 0 Å². The van der Waals surface area contributed by atoms with Crippen molar-refractivity contribution >= 4 is 0 Å². The lowest BCUT2D eigenvalue weighted by Crippen LogP contribution is -1.79. The molecule has 0 unspecified atom stereocenters. The van der Waals surface area contributed by atoms with Gasteiger partial charge in [0.25, 0.3) is 0 Å². The molecule has 0 fully saturated rings. The maximum atomic E-state index is 8.38. The van der Waals surface area contributed by atoms with Crippen LogP contribution >= 0.6 is 0 Å². The van der Waals surface area contributed by atoms with Crippen molar-refractivity contribution in [1.29, 1.82) is 10.5 Å². The lowest BCUT2D eigenvalue weighted by Gasteiger charge is -1.98. The largest absolute Gasteiger partial charge is 0.198 e. The summed E-state index contributed by atoms with van der Waals surface area (Å²) in [6.07, 6.45) is 17.9. The molecule has 0 aliphatic rings. The van der Waals surface area contributed by atoms with Gasteiger partial charge in [0.05, 0.1) is 12.1 Å². The topological polar surface area (TPSA) is 47.6 Å². The van der Waals surface area contributed by atoms with Gasteiger partial charge in [0.15, 0.2) is 0 Å². The molecule has 0 rings (SSSR count). The minimum Gasteiger partial charge on any atom is -0.198 e. The average Bonchev–Trinajstić information content (AvgIpc) is 2.39. The Hall–Kier alpha value is -1.28. The highest BCUT2D eigenvalue weighted by Gasteiger charge is 1.90. The van der Waals surface area contributed by atoms with Gasteiger partial charge in [0.1, 0.15) is 0 Å². The number of nitrogens with zero attached hydrogens (tertiary/aromatic N) is 2. The van der Waals surface area contributed by atoms with Crippen molar-refractivity contribution in [3.05, 3.63) is 12.2 Å². The van der Waals surface area contributed by atoms with E-state index in [1.165, 1.54) is 38.5 Å². The highest BCUT2D eigenvalue weighted by Crippen LogP contribution is 2.09. The molecule has 0 aliphatic carbocycles. The minimum absolute atomic E-state index is 0.694. The molecule has 0 aromatic rings. The number of hydrogen-bond donors (Lipinski definition) is 0. The van der Waals surface area contributed by atoms with Gasteiger partial charge in [-0.3, -0.25) is 0 Å². The second-order valence-electron chi connectivity index (χ2n) is 4.69. The van der Waals surface area contributed by atoms with Gasteiger partial charge < -0.3 is 0 Å². The second-order valence-corrected chi connectivity index (χ2v) is 4.69. The van der Waals surface area contributed by atoms with Crippen LogP contribution in [0.15, 0.2) is 12.2 Å². The van der Waals surface area contributed by atoms with Crippen LogP contribution < -0.4 is 0 Å². The van der Waals surface area contributed by atoms with E-state index in [1.807, 2.05) is 0 Å². The van der Waals surface area contributed by atoms with Crippen molar-refractivity contribution in [2.24, 2.45) is 0 Å². The molecule has 0 atom stereocenters. The number of unbranched alkanes of at least 4 members (excludes halogenated alkanes) is 10. The molecular weight excluding hydrogens is 220 g/mol. The van der Waals surface area contributed by atoms with Crippen LogP contribution in [-0.4, -0.2) is 0 Å². The van der Waals surface area contributed by atoms with Crippen molar-refractivity contribution in [1.82, 2.24) is 0 Å². The fraction of sp³-hybridized carbons (Fsp3) is 0.750. The molecule has 0 aliphatic heterocycles. The van der Waals surface area contributed by atoms with Gasteiger partial charge in [-0.05, 0) is 38.5 Å². The third-order valence-corrected chi connectivity index (χ3v) is 2.99. The Kier molecular flexibility index (Phi) is 14.6. The van der Waals surface area contributed by atoms with E-state index in [4.69, 9.17) is 10.5 Å². The molecule has 18 heavy (non-hydrogen) atoms. The maximum absolute atomic E-state index is 8.38. The molecule has 0 saturated heterocycles. The Labute approximate surface area is 112 Å². The first-order valence-corrected chi connectivity index (χ1v) is 7.30. The summed E-state index contributed by atoms with van der Waals surface area (Å²) in [5.74, 6) is 0. The summed E-state index contributed by atoms with van der Waals surface area (Å²) in [5, 5.41) is 16.8. The molecule has 100 valence electrons. The van der Waals surface area contributed by atoms with Crippen LogP contribution in [0.25, 0.3) is 0 Å². The molecule has 0 bridgehead atoms. The Morgan fingerprint density at radius 1 is 0.556 bits per heavy atom. The zero-order valence-electron chi connectivity index (χ0n) is 11.5. The summed E-state index contributed by atoms with van der Waals surface area (Å²) in [5.41, 5.74) is 0. The molecule has 0 radical (unpaired) electrons. The quantitative estimate of drug-likeness (QED) is 0.348. The Morgan fingerprint density at radius 3 is 1.50 bits per heavy atom. The monoisotopic (exact) mass is 246 g/mol. The van der Waals surface area contributed by atoms with E-state index in [9.17, 15) is 0 Å². The van der Waals surface area contributed by atoms with Crippen LogP contribution in [0.3, 0.4) is 0 Å². The third kappa shape index (κ3) is 14.7. The number of allylic oxidation sites excluding steroid dienone is 2. The molecule has 0 saturated carbocycles. The van der Waals surface area contributed by atoms with E-state index in [0.717, 1.165) is 25.7 Å². The van der Waals surface area contributed by atoms with Crippen molar-refractivity contribution in [3.8, 4) is 12.1 Å². The van der Waals surface area contributed by atoms with Crippen LogP contribution in [0.2, 0.25) is 0 Å². The van der Waals surface area contributed by atoms with Crippen LogP contribution in [-0.2, 0) is 0 Å². The smallest absolute Gasteiger partial charge is 0.0621 e. The zero-order valence-corrected chi connectivity index (χ0v) is 11.5. The standard InChI is InChI=1S/C16H26N2/c17-15-13-11-9-7-5-3-1-2-4-6-8-10-12-14-16-18/h3,5H,1-2,4,6-14H2. The van der Waals surface area contributed by atoms with Crippen LogP contribution in [0.5, 0.6) is 0 Å². The average molecular weight is 246 g/mol. The zero-order chi connectivity index (χ0) is 13.3. The summed E-state index contributed by atoms with van der Waals surface area (Å²) < 4.78 is 0. The van der Waals surface area contributed by atoms with E-state index in [0.29, 0.717) is 12.8 Å². The summed E-state index contributed by atoms with van der Waals surface area (Å²) in [6, 6.07) is 4.35. The first kappa shape index (κ1) is 16.7.